The number of nitrogens with one attached hydrogen (secondary N) is 2. The van der Waals surface area contributed by atoms with Gasteiger partial charge in [0, 0.05) is 25.7 Å². The highest BCUT2D eigenvalue weighted by molar-refractivity contribution is 5.77. The molecule has 2 saturated heterocycles. The Bertz CT molecular complexity index is 217. The number of alkyl halides is 1. The molecule has 2 amide bonds. The summed E-state index contributed by atoms with van der Waals surface area (Å²) in [6.07, 6.45) is -0.666. The zero-order valence-corrected chi connectivity index (χ0v) is 7.59. The van der Waals surface area contributed by atoms with Gasteiger partial charge in [-0.2, -0.15) is 0 Å². The van der Waals surface area contributed by atoms with E-state index in [2.05, 4.69) is 10.6 Å². The van der Waals surface area contributed by atoms with E-state index in [1.54, 1.807) is 0 Å². The highest BCUT2D eigenvalue weighted by Gasteiger charge is 2.33. The van der Waals surface area contributed by atoms with Crippen LogP contribution < -0.4 is 10.6 Å². The van der Waals surface area contributed by atoms with Crippen LogP contribution >= 0.6 is 0 Å². The van der Waals surface area contributed by atoms with Crippen molar-refractivity contribution in [3.8, 4) is 0 Å². The number of likely N-dealkylation sites (tertiary alicyclic amines) is 1. The molecule has 2 fully saturated rings. The molecule has 0 bridgehead atoms. The van der Waals surface area contributed by atoms with E-state index in [1.165, 1.54) is 0 Å². The lowest BCUT2D eigenvalue weighted by molar-refractivity contribution is 0.0578. The van der Waals surface area contributed by atoms with Gasteiger partial charge < -0.3 is 10.6 Å². The molecular weight excluding hydrogens is 173 g/mol. The lowest BCUT2D eigenvalue weighted by atomic mass is 10.1. The molecule has 2 N–H and O–H groups in total. The predicted octanol–water partition coefficient (Wildman–Crippen LogP) is -0.290. The maximum Gasteiger partial charge on any atom is 0.315 e. The first-order valence-electron chi connectivity index (χ1n) is 4.58. The third kappa shape index (κ3) is 1.75. The lowest BCUT2D eigenvalue weighted by Gasteiger charge is -2.36. The molecule has 0 aliphatic carbocycles. The van der Waals surface area contributed by atoms with Crippen molar-refractivity contribution in [2.75, 3.05) is 19.6 Å². The van der Waals surface area contributed by atoms with Crippen LogP contribution in [0.25, 0.3) is 0 Å². The van der Waals surface area contributed by atoms with Crippen molar-refractivity contribution < 1.29 is 9.18 Å². The zero-order chi connectivity index (χ0) is 9.42. The Morgan fingerprint density at radius 2 is 2.23 bits per heavy atom. The van der Waals surface area contributed by atoms with Crippen molar-refractivity contribution in [2.45, 2.75) is 25.2 Å². The molecule has 2 aliphatic rings. The van der Waals surface area contributed by atoms with E-state index in [0.717, 1.165) is 6.54 Å². The van der Waals surface area contributed by atoms with Gasteiger partial charge in [-0.1, -0.05) is 0 Å². The van der Waals surface area contributed by atoms with Gasteiger partial charge in [-0.15, -0.1) is 0 Å². The van der Waals surface area contributed by atoms with Gasteiger partial charge in [0.1, 0.15) is 6.17 Å². The molecule has 74 valence electrons. The Hall–Kier alpha value is -0.840. The van der Waals surface area contributed by atoms with E-state index in [1.807, 2.05) is 11.8 Å². The molecular formula is C8H14FN3O. The molecule has 2 unspecified atom stereocenters. The summed E-state index contributed by atoms with van der Waals surface area (Å²) in [6, 6.07) is 0.154. The van der Waals surface area contributed by atoms with E-state index < -0.39 is 6.17 Å². The van der Waals surface area contributed by atoms with E-state index in [4.69, 9.17) is 0 Å². The minimum atomic E-state index is -0.666. The van der Waals surface area contributed by atoms with Gasteiger partial charge in [0.2, 0.25) is 0 Å². The SMILES string of the molecule is CC1NC(=O)NC1CN1CC(F)C1. The number of nitrogens with zero attached hydrogens (tertiary/aromatic N) is 1. The summed E-state index contributed by atoms with van der Waals surface area (Å²) in [6.45, 7) is 3.73. The molecule has 0 radical (unpaired) electrons. The van der Waals surface area contributed by atoms with Crippen LogP contribution in [0.3, 0.4) is 0 Å². The molecule has 2 aliphatic heterocycles. The molecule has 0 aromatic heterocycles. The Morgan fingerprint density at radius 3 is 2.69 bits per heavy atom. The summed E-state index contributed by atoms with van der Waals surface area (Å²) < 4.78 is 12.5. The van der Waals surface area contributed by atoms with Crippen LogP contribution in [0.2, 0.25) is 0 Å². The molecule has 0 aromatic rings. The first-order chi connectivity index (χ1) is 6.15. The number of carbonyl (C=O) groups is 1. The number of hydrogen-bond donors (Lipinski definition) is 2. The van der Waals surface area contributed by atoms with Gasteiger partial charge in [0.05, 0.1) is 6.04 Å². The third-order valence-corrected chi connectivity index (χ3v) is 2.65. The standard InChI is InChI=1S/C8H14FN3O/c1-5-7(11-8(13)10-5)4-12-2-6(9)3-12/h5-7H,2-4H2,1H3,(H2,10,11,13). The van der Waals surface area contributed by atoms with Crippen molar-refractivity contribution in [1.82, 2.24) is 15.5 Å². The van der Waals surface area contributed by atoms with Gasteiger partial charge in [-0.25, -0.2) is 9.18 Å². The van der Waals surface area contributed by atoms with E-state index in [9.17, 15) is 9.18 Å². The minimum Gasteiger partial charge on any atom is -0.334 e. The monoisotopic (exact) mass is 187 g/mol. The molecule has 0 saturated carbocycles. The quantitative estimate of drug-likeness (QED) is 0.624. The number of amides is 2. The van der Waals surface area contributed by atoms with Crippen molar-refractivity contribution >= 4 is 6.03 Å². The van der Waals surface area contributed by atoms with Crippen LogP contribution in [-0.4, -0.2) is 48.8 Å². The first-order valence-corrected chi connectivity index (χ1v) is 4.58. The summed E-state index contributed by atoms with van der Waals surface area (Å²) >= 11 is 0. The van der Waals surface area contributed by atoms with Crippen LogP contribution in [0.15, 0.2) is 0 Å². The van der Waals surface area contributed by atoms with E-state index in [-0.39, 0.29) is 18.1 Å². The number of halogens is 1. The van der Waals surface area contributed by atoms with E-state index >= 15 is 0 Å². The largest absolute Gasteiger partial charge is 0.334 e. The third-order valence-electron chi connectivity index (χ3n) is 2.65. The summed E-state index contributed by atoms with van der Waals surface area (Å²) in [5.74, 6) is 0. The average molecular weight is 187 g/mol. The van der Waals surface area contributed by atoms with Crippen LogP contribution in [0.5, 0.6) is 0 Å². The Balaban J connectivity index is 1.78. The van der Waals surface area contributed by atoms with Gasteiger partial charge in [0.25, 0.3) is 0 Å². The van der Waals surface area contributed by atoms with Crippen molar-refractivity contribution in [2.24, 2.45) is 0 Å². The second kappa shape index (κ2) is 3.14. The lowest BCUT2D eigenvalue weighted by Crippen LogP contribution is -2.54. The zero-order valence-electron chi connectivity index (χ0n) is 7.59. The molecule has 13 heavy (non-hydrogen) atoms. The fourth-order valence-corrected chi connectivity index (χ4v) is 1.78. The van der Waals surface area contributed by atoms with Crippen molar-refractivity contribution in [3.05, 3.63) is 0 Å². The minimum absolute atomic E-state index is 0.116. The Kier molecular flexibility index (Phi) is 2.11. The maximum absolute atomic E-state index is 12.5. The first kappa shape index (κ1) is 8.74. The molecule has 2 heterocycles. The summed E-state index contributed by atoms with van der Waals surface area (Å²) in [4.78, 5) is 12.9. The predicted molar refractivity (Wildman–Crippen MR) is 46.3 cm³/mol. The van der Waals surface area contributed by atoms with Crippen LogP contribution in [0.1, 0.15) is 6.92 Å². The van der Waals surface area contributed by atoms with Crippen molar-refractivity contribution in [1.29, 1.82) is 0 Å². The van der Waals surface area contributed by atoms with Gasteiger partial charge >= 0.3 is 6.03 Å². The molecule has 0 spiro atoms. The number of rotatable bonds is 2. The topological polar surface area (TPSA) is 44.4 Å². The Labute approximate surface area is 76.5 Å². The second-order valence-corrected chi connectivity index (χ2v) is 3.83. The normalized spacial score (nSPS) is 35.4. The van der Waals surface area contributed by atoms with Crippen LogP contribution in [-0.2, 0) is 0 Å². The Morgan fingerprint density at radius 1 is 1.54 bits per heavy atom. The highest BCUT2D eigenvalue weighted by atomic mass is 19.1. The molecule has 0 aromatic carbocycles. The molecule has 2 atom stereocenters. The van der Waals surface area contributed by atoms with Gasteiger partial charge in [-0.05, 0) is 6.92 Å². The summed E-state index contributed by atoms with van der Waals surface area (Å²) in [7, 11) is 0. The van der Waals surface area contributed by atoms with Crippen molar-refractivity contribution in [3.63, 3.8) is 0 Å². The number of urea groups is 1. The summed E-state index contributed by atoms with van der Waals surface area (Å²) in [5, 5.41) is 5.56. The van der Waals surface area contributed by atoms with Gasteiger partial charge in [-0.3, -0.25) is 4.90 Å². The molecule has 2 rings (SSSR count). The molecule has 4 nitrogen and oxygen atoms in total. The number of hydrogen-bond acceptors (Lipinski definition) is 2. The number of carbonyl (C=O) groups excluding carboxylic acids is 1. The smallest absolute Gasteiger partial charge is 0.315 e. The second-order valence-electron chi connectivity index (χ2n) is 3.83. The summed E-state index contributed by atoms with van der Waals surface area (Å²) in [5.41, 5.74) is 0. The average Bonchev–Trinajstić information content (AvgIpc) is 2.27. The molecule has 5 heteroatoms. The van der Waals surface area contributed by atoms with Crippen LogP contribution in [0, 0.1) is 0 Å². The fraction of sp³-hybridized carbons (Fsp3) is 0.875. The maximum atomic E-state index is 12.5. The van der Waals surface area contributed by atoms with Crippen LogP contribution in [0.4, 0.5) is 9.18 Å². The van der Waals surface area contributed by atoms with E-state index in [0.29, 0.717) is 13.1 Å². The fourth-order valence-electron chi connectivity index (χ4n) is 1.78. The van der Waals surface area contributed by atoms with Gasteiger partial charge in [0.15, 0.2) is 0 Å². The highest BCUT2D eigenvalue weighted by Crippen LogP contribution is 2.13.